The van der Waals surface area contributed by atoms with Crippen molar-refractivity contribution in [3.05, 3.63) is 53.6 Å². The molecule has 1 aromatic carbocycles. The first-order chi connectivity index (χ1) is 9.63. The maximum atomic E-state index is 13.6. The maximum Gasteiger partial charge on any atom is 0.165 e. The number of ether oxygens (including phenoxy) is 1. The Morgan fingerprint density at radius 3 is 2.70 bits per heavy atom. The predicted octanol–water partition coefficient (Wildman–Crippen LogP) is 3.99. The van der Waals surface area contributed by atoms with Crippen LogP contribution in [0.15, 0.2) is 36.5 Å². The minimum atomic E-state index is -0.374. The number of hydrogen-bond donors (Lipinski definition) is 1. The Labute approximate surface area is 118 Å². The number of pyridine rings is 1. The second-order valence-corrected chi connectivity index (χ2v) is 4.70. The van der Waals surface area contributed by atoms with Crippen LogP contribution in [0.3, 0.4) is 0 Å². The maximum absolute atomic E-state index is 13.6. The molecule has 1 atom stereocenters. The molecule has 0 aliphatic rings. The van der Waals surface area contributed by atoms with E-state index in [1.165, 1.54) is 6.07 Å². The average Bonchev–Trinajstić information content (AvgIpc) is 2.46. The van der Waals surface area contributed by atoms with Gasteiger partial charge in [-0.25, -0.2) is 4.39 Å². The van der Waals surface area contributed by atoms with Crippen molar-refractivity contribution in [3.8, 4) is 11.5 Å². The molecule has 0 saturated heterocycles. The average molecular weight is 274 g/mol. The van der Waals surface area contributed by atoms with Crippen molar-refractivity contribution < 1.29 is 9.13 Å². The molecule has 106 valence electrons. The summed E-state index contributed by atoms with van der Waals surface area (Å²) >= 11 is 0. The molecule has 1 unspecified atom stereocenters. The largest absolute Gasteiger partial charge is 0.453 e. The first kappa shape index (κ1) is 14.5. The molecular weight excluding hydrogens is 255 g/mol. The minimum Gasteiger partial charge on any atom is -0.453 e. The Kier molecular flexibility index (Phi) is 4.69. The first-order valence-corrected chi connectivity index (χ1v) is 6.71. The van der Waals surface area contributed by atoms with Gasteiger partial charge < -0.3 is 10.1 Å². The molecule has 0 radical (unpaired) electrons. The van der Waals surface area contributed by atoms with Gasteiger partial charge in [0, 0.05) is 6.04 Å². The molecule has 2 aromatic rings. The van der Waals surface area contributed by atoms with Gasteiger partial charge >= 0.3 is 0 Å². The van der Waals surface area contributed by atoms with Gasteiger partial charge in [-0.2, -0.15) is 0 Å². The van der Waals surface area contributed by atoms with Gasteiger partial charge in [-0.15, -0.1) is 0 Å². The Hall–Kier alpha value is -1.94. The van der Waals surface area contributed by atoms with Crippen LogP contribution in [0.4, 0.5) is 4.39 Å². The summed E-state index contributed by atoms with van der Waals surface area (Å²) in [6.07, 6.45) is 2.58. The van der Waals surface area contributed by atoms with E-state index in [1.807, 2.05) is 26.1 Å². The van der Waals surface area contributed by atoms with Crippen LogP contribution in [0, 0.1) is 12.7 Å². The highest BCUT2D eigenvalue weighted by Crippen LogP contribution is 2.25. The number of hydrogen-bond acceptors (Lipinski definition) is 3. The molecule has 1 aromatic heterocycles. The topological polar surface area (TPSA) is 34.1 Å². The Morgan fingerprint density at radius 2 is 2.10 bits per heavy atom. The van der Waals surface area contributed by atoms with Gasteiger partial charge in [0.25, 0.3) is 0 Å². The number of aryl methyl sites for hydroxylation is 1. The number of benzene rings is 1. The van der Waals surface area contributed by atoms with Crippen molar-refractivity contribution in [1.82, 2.24) is 10.3 Å². The van der Waals surface area contributed by atoms with Crippen LogP contribution in [0.2, 0.25) is 0 Å². The van der Waals surface area contributed by atoms with E-state index in [4.69, 9.17) is 4.74 Å². The Balaban J connectivity index is 2.16. The van der Waals surface area contributed by atoms with Crippen LogP contribution < -0.4 is 10.1 Å². The molecule has 0 aliphatic carbocycles. The predicted molar refractivity (Wildman–Crippen MR) is 77.5 cm³/mol. The highest BCUT2D eigenvalue weighted by Gasteiger charge is 2.09. The van der Waals surface area contributed by atoms with Crippen molar-refractivity contribution in [2.24, 2.45) is 0 Å². The quantitative estimate of drug-likeness (QED) is 0.895. The zero-order valence-corrected chi connectivity index (χ0v) is 12.0. The lowest BCUT2D eigenvalue weighted by Gasteiger charge is -2.13. The van der Waals surface area contributed by atoms with E-state index in [0.717, 1.165) is 17.7 Å². The molecule has 0 saturated carbocycles. The fourth-order valence-electron chi connectivity index (χ4n) is 2.04. The van der Waals surface area contributed by atoms with Crippen LogP contribution in [-0.4, -0.2) is 12.0 Å². The number of halogens is 1. The second-order valence-electron chi connectivity index (χ2n) is 4.70. The molecule has 0 spiro atoms. The number of aromatic nitrogens is 1. The zero-order valence-electron chi connectivity index (χ0n) is 12.0. The molecule has 3 nitrogen and oxygen atoms in total. The lowest BCUT2D eigenvalue weighted by molar-refractivity contribution is 0.439. The van der Waals surface area contributed by atoms with E-state index in [-0.39, 0.29) is 17.6 Å². The molecular formula is C16H19FN2O. The van der Waals surface area contributed by atoms with Gasteiger partial charge in [0.05, 0.1) is 11.9 Å². The van der Waals surface area contributed by atoms with E-state index in [9.17, 15) is 4.39 Å². The third kappa shape index (κ3) is 3.33. The fraction of sp³-hybridized carbons (Fsp3) is 0.312. The zero-order chi connectivity index (χ0) is 14.5. The summed E-state index contributed by atoms with van der Waals surface area (Å²) in [4.78, 5) is 4.36. The molecule has 1 heterocycles. The number of rotatable bonds is 5. The summed E-state index contributed by atoms with van der Waals surface area (Å²) in [5.74, 6) is 0.380. The Bertz CT molecular complexity index is 565. The smallest absolute Gasteiger partial charge is 0.165 e. The van der Waals surface area contributed by atoms with Crippen LogP contribution in [-0.2, 0) is 0 Å². The van der Waals surface area contributed by atoms with Crippen LogP contribution in [0.25, 0.3) is 0 Å². The highest BCUT2D eigenvalue weighted by molar-refractivity contribution is 5.34. The van der Waals surface area contributed by atoms with Crippen molar-refractivity contribution >= 4 is 0 Å². The summed E-state index contributed by atoms with van der Waals surface area (Å²) < 4.78 is 19.2. The fourth-order valence-corrected chi connectivity index (χ4v) is 2.04. The van der Waals surface area contributed by atoms with Gasteiger partial charge in [-0.05, 0) is 50.2 Å². The molecule has 20 heavy (non-hydrogen) atoms. The van der Waals surface area contributed by atoms with Crippen LogP contribution >= 0.6 is 0 Å². The second kappa shape index (κ2) is 6.48. The van der Waals surface area contributed by atoms with Crippen LogP contribution in [0.1, 0.15) is 30.6 Å². The SMILES string of the molecule is CCC(NC)c1ccc(Oc2cc(C)ccc2F)cn1. The summed E-state index contributed by atoms with van der Waals surface area (Å²) in [5.41, 5.74) is 1.90. The van der Waals surface area contributed by atoms with Gasteiger partial charge in [-0.3, -0.25) is 4.98 Å². The number of nitrogens with zero attached hydrogens (tertiary/aromatic N) is 1. The third-order valence-electron chi connectivity index (χ3n) is 3.19. The van der Waals surface area contributed by atoms with E-state index >= 15 is 0 Å². The van der Waals surface area contributed by atoms with E-state index in [2.05, 4.69) is 17.2 Å². The molecule has 0 aliphatic heterocycles. The highest BCUT2D eigenvalue weighted by atomic mass is 19.1. The summed E-state index contributed by atoms with van der Waals surface area (Å²) in [6.45, 7) is 3.99. The molecule has 4 heteroatoms. The Morgan fingerprint density at radius 1 is 1.30 bits per heavy atom. The lowest BCUT2D eigenvalue weighted by atomic mass is 10.1. The standard InChI is InChI=1S/C16H19FN2O/c1-4-14(18-3)15-8-6-12(10-19-15)20-16-9-11(2)5-7-13(16)17/h5-10,14,18H,4H2,1-3H3. The lowest BCUT2D eigenvalue weighted by Crippen LogP contribution is -2.16. The normalized spacial score (nSPS) is 12.2. The minimum absolute atomic E-state index is 0.222. The van der Waals surface area contributed by atoms with E-state index in [1.54, 1.807) is 18.3 Å². The van der Waals surface area contributed by atoms with Gasteiger partial charge in [0.15, 0.2) is 11.6 Å². The molecule has 1 N–H and O–H groups in total. The van der Waals surface area contributed by atoms with Crippen molar-refractivity contribution in [2.45, 2.75) is 26.3 Å². The van der Waals surface area contributed by atoms with E-state index < -0.39 is 0 Å². The van der Waals surface area contributed by atoms with Crippen molar-refractivity contribution in [1.29, 1.82) is 0 Å². The van der Waals surface area contributed by atoms with Gasteiger partial charge in [-0.1, -0.05) is 13.0 Å². The summed E-state index contributed by atoms with van der Waals surface area (Å²) in [6, 6.07) is 8.71. The van der Waals surface area contributed by atoms with Gasteiger partial charge in [0.1, 0.15) is 5.75 Å². The molecule has 0 amide bonds. The monoisotopic (exact) mass is 274 g/mol. The summed E-state index contributed by atoms with van der Waals surface area (Å²) in [7, 11) is 1.91. The van der Waals surface area contributed by atoms with Gasteiger partial charge in [0.2, 0.25) is 0 Å². The van der Waals surface area contributed by atoms with Crippen molar-refractivity contribution in [2.75, 3.05) is 7.05 Å². The van der Waals surface area contributed by atoms with Crippen molar-refractivity contribution in [3.63, 3.8) is 0 Å². The third-order valence-corrected chi connectivity index (χ3v) is 3.19. The van der Waals surface area contributed by atoms with E-state index in [0.29, 0.717) is 5.75 Å². The molecule has 0 fully saturated rings. The molecule has 0 bridgehead atoms. The van der Waals surface area contributed by atoms with Crippen LogP contribution in [0.5, 0.6) is 11.5 Å². The number of nitrogens with one attached hydrogen (secondary N) is 1. The summed E-state index contributed by atoms with van der Waals surface area (Å²) in [5, 5.41) is 3.19. The first-order valence-electron chi connectivity index (χ1n) is 6.71. The molecule has 2 rings (SSSR count).